The summed E-state index contributed by atoms with van der Waals surface area (Å²) in [4.78, 5) is 11.6. The van der Waals surface area contributed by atoms with E-state index in [0.29, 0.717) is 5.56 Å². The van der Waals surface area contributed by atoms with E-state index in [9.17, 15) is 4.79 Å². The standard InChI is InChI=1S/C13H15N3O/c1-9-4-5-11(10(7-9)8-14)16-12-3-2-6-15-13(12)17/h4-5,7,12,16H,2-3,6H2,1H3,(H,15,17). The first-order valence-corrected chi connectivity index (χ1v) is 5.75. The Kier molecular flexibility index (Phi) is 3.29. The van der Waals surface area contributed by atoms with E-state index >= 15 is 0 Å². The van der Waals surface area contributed by atoms with Crippen LogP contribution in [0.4, 0.5) is 5.69 Å². The van der Waals surface area contributed by atoms with Crippen LogP contribution in [0, 0.1) is 18.3 Å². The molecule has 0 radical (unpaired) electrons. The van der Waals surface area contributed by atoms with Gasteiger partial charge in [0.1, 0.15) is 12.1 Å². The highest BCUT2D eigenvalue weighted by molar-refractivity contribution is 5.85. The first-order chi connectivity index (χ1) is 8.20. The second-order valence-electron chi connectivity index (χ2n) is 4.29. The molecule has 1 aromatic rings. The number of amides is 1. The summed E-state index contributed by atoms with van der Waals surface area (Å²) in [6.07, 6.45) is 1.78. The van der Waals surface area contributed by atoms with Crippen molar-refractivity contribution >= 4 is 11.6 Å². The monoisotopic (exact) mass is 229 g/mol. The lowest BCUT2D eigenvalue weighted by molar-refractivity contribution is -0.123. The molecule has 0 bridgehead atoms. The first-order valence-electron chi connectivity index (χ1n) is 5.75. The summed E-state index contributed by atoms with van der Waals surface area (Å²) in [7, 11) is 0. The fourth-order valence-electron chi connectivity index (χ4n) is 1.97. The number of hydrogen-bond donors (Lipinski definition) is 2. The van der Waals surface area contributed by atoms with Gasteiger partial charge in [-0.1, -0.05) is 6.07 Å². The smallest absolute Gasteiger partial charge is 0.242 e. The van der Waals surface area contributed by atoms with Crippen LogP contribution in [-0.4, -0.2) is 18.5 Å². The van der Waals surface area contributed by atoms with Crippen LogP contribution >= 0.6 is 0 Å². The number of aryl methyl sites for hydroxylation is 1. The van der Waals surface area contributed by atoms with E-state index in [2.05, 4.69) is 16.7 Å². The van der Waals surface area contributed by atoms with E-state index in [-0.39, 0.29) is 11.9 Å². The minimum atomic E-state index is -0.224. The highest BCUT2D eigenvalue weighted by atomic mass is 16.2. The van der Waals surface area contributed by atoms with Crippen LogP contribution in [0.1, 0.15) is 24.0 Å². The minimum Gasteiger partial charge on any atom is -0.373 e. The molecule has 0 spiro atoms. The van der Waals surface area contributed by atoms with Gasteiger partial charge >= 0.3 is 0 Å². The third-order valence-electron chi connectivity index (χ3n) is 2.91. The molecule has 0 saturated carbocycles. The number of benzene rings is 1. The molecular formula is C13H15N3O. The highest BCUT2D eigenvalue weighted by Crippen LogP contribution is 2.19. The lowest BCUT2D eigenvalue weighted by atomic mass is 10.0. The Morgan fingerprint density at radius 3 is 3.06 bits per heavy atom. The molecule has 88 valence electrons. The zero-order valence-corrected chi connectivity index (χ0v) is 9.79. The maximum absolute atomic E-state index is 11.6. The number of rotatable bonds is 2. The van der Waals surface area contributed by atoms with Gasteiger partial charge in [0.15, 0.2) is 0 Å². The van der Waals surface area contributed by atoms with Crippen molar-refractivity contribution in [2.24, 2.45) is 0 Å². The zero-order valence-electron chi connectivity index (χ0n) is 9.79. The summed E-state index contributed by atoms with van der Waals surface area (Å²) in [6.45, 7) is 2.69. The number of anilines is 1. The molecule has 1 fully saturated rings. The average molecular weight is 229 g/mol. The Morgan fingerprint density at radius 1 is 1.53 bits per heavy atom. The van der Waals surface area contributed by atoms with Crippen LogP contribution in [-0.2, 0) is 4.79 Å². The van der Waals surface area contributed by atoms with Gasteiger partial charge in [-0.15, -0.1) is 0 Å². The van der Waals surface area contributed by atoms with Gasteiger partial charge in [-0.05, 0) is 37.5 Å². The van der Waals surface area contributed by atoms with Crippen LogP contribution in [0.15, 0.2) is 18.2 Å². The fraction of sp³-hybridized carbons (Fsp3) is 0.385. The van der Waals surface area contributed by atoms with Crippen LogP contribution in [0.3, 0.4) is 0 Å². The molecule has 4 nitrogen and oxygen atoms in total. The molecule has 1 atom stereocenters. The Labute approximate surface area is 101 Å². The molecule has 4 heteroatoms. The van der Waals surface area contributed by atoms with Gasteiger partial charge in [0, 0.05) is 6.54 Å². The normalized spacial score (nSPS) is 19.3. The SMILES string of the molecule is Cc1ccc(NC2CCCNC2=O)c(C#N)c1. The average Bonchev–Trinajstić information content (AvgIpc) is 2.34. The van der Waals surface area contributed by atoms with Crippen molar-refractivity contribution in [3.8, 4) is 6.07 Å². The molecule has 0 aromatic heterocycles. The van der Waals surface area contributed by atoms with E-state index in [4.69, 9.17) is 5.26 Å². The second-order valence-corrected chi connectivity index (χ2v) is 4.29. The molecule has 2 N–H and O–H groups in total. The Balaban J connectivity index is 2.18. The van der Waals surface area contributed by atoms with Crippen molar-refractivity contribution in [1.82, 2.24) is 5.32 Å². The Hall–Kier alpha value is -2.02. The van der Waals surface area contributed by atoms with Gasteiger partial charge in [-0.2, -0.15) is 5.26 Å². The number of hydrogen-bond acceptors (Lipinski definition) is 3. The summed E-state index contributed by atoms with van der Waals surface area (Å²) in [6, 6.07) is 7.54. The molecule has 1 aliphatic rings. The van der Waals surface area contributed by atoms with Gasteiger partial charge in [-0.25, -0.2) is 0 Å². The summed E-state index contributed by atoms with van der Waals surface area (Å²) >= 11 is 0. The number of piperidine rings is 1. The minimum absolute atomic E-state index is 0.0146. The van der Waals surface area contributed by atoms with Gasteiger partial charge in [0.2, 0.25) is 5.91 Å². The number of nitrogens with zero attached hydrogens (tertiary/aromatic N) is 1. The van der Waals surface area contributed by atoms with Crippen LogP contribution in [0.5, 0.6) is 0 Å². The second kappa shape index (κ2) is 4.88. The molecule has 2 rings (SSSR count). The van der Waals surface area contributed by atoms with E-state index in [1.54, 1.807) is 0 Å². The Morgan fingerprint density at radius 2 is 2.35 bits per heavy atom. The van der Waals surface area contributed by atoms with Crippen molar-refractivity contribution in [1.29, 1.82) is 5.26 Å². The van der Waals surface area contributed by atoms with Crippen molar-refractivity contribution in [3.05, 3.63) is 29.3 Å². The van der Waals surface area contributed by atoms with E-state index in [1.807, 2.05) is 25.1 Å². The third-order valence-corrected chi connectivity index (χ3v) is 2.91. The van der Waals surface area contributed by atoms with E-state index in [0.717, 1.165) is 30.6 Å². The van der Waals surface area contributed by atoms with Crippen LogP contribution in [0.2, 0.25) is 0 Å². The topological polar surface area (TPSA) is 64.9 Å². The van der Waals surface area contributed by atoms with Crippen molar-refractivity contribution in [2.45, 2.75) is 25.8 Å². The largest absolute Gasteiger partial charge is 0.373 e. The third kappa shape index (κ3) is 2.56. The lowest BCUT2D eigenvalue weighted by Gasteiger charge is -2.24. The first kappa shape index (κ1) is 11.5. The molecule has 1 unspecified atom stereocenters. The predicted molar refractivity (Wildman–Crippen MR) is 65.5 cm³/mol. The van der Waals surface area contributed by atoms with Crippen LogP contribution < -0.4 is 10.6 Å². The zero-order chi connectivity index (χ0) is 12.3. The maximum atomic E-state index is 11.6. The van der Waals surface area contributed by atoms with E-state index in [1.165, 1.54) is 0 Å². The maximum Gasteiger partial charge on any atom is 0.242 e. The number of nitrogens with one attached hydrogen (secondary N) is 2. The van der Waals surface area contributed by atoms with Gasteiger partial charge in [0.25, 0.3) is 0 Å². The van der Waals surface area contributed by atoms with Gasteiger partial charge in [0.05, 0.1) is 11.3 Å². The molecule has 17 heavy (non-hydrogen) atoms. The van der Waals surface area contributed by atoms with Gasteiger partial charge in [-0.3, -0.25) is 4.79 Å². The van der Waals surface area contributed by atoms with Crippen LogP contribution in [0.25, 0.3) is 0 Å². The number of nitriles is 1. The molecule has 1 heterocycles. The predicted octanol–water partition coefficient (Wildman–Crippen LogP) is 1.56. The van der Waals surface area contributed by atoms with Crippen molar-refractivity contribution in [3.63, 3.8) is 0 Å². The Bertz CT molecular complexity index is 476. The van der Waals surface area contributed by atoms with Crippen molar-refractivity contribution < 1.29 is 4.79 Å². The molecular weight excluding hydrogens is 214 g/mol. The highest BCUT2D eigenvalue weighted by Gasteiger charge is 2.22. The van der Waals surface area contributed by atoms with E-state index < -0.39 is 0 Å². The quantitative estimate of drug-likeness (QED) is 0.808. The molecule has 1 saturated heterocycles. The van der Waals surface area contributed by atoms with Gasteiger partial charge < -0.3 is 10.6 Å². The lowest BCUT2D eigenvalue weighted by Crippen LogP contribution is -2.44. The summed E-state index contributed by atoms with van der Waals surface area (Å²) in [5.41, 5.74) is 2.36. The summed E-state index contributed by atoms with van der Waals surface area (Å²) in [5.74, 6) is 0.0146. The molecule has 1 aliphatic heterocycles. The molecule has 0 aliphatic carbocycles. The fourth-order valence-corrected chi connectivity index (χ4v) is 1.97. The number of carbonyl (C=O) groups excluding carboxylic acids is 1. The number of carbonyl (C=O) groups is 1. The summed E-state index contributed by atoms with van der Waals surface area (Å²) < 4.78 is 0. The molecule has 1 aromatic carbocycles. The summed E-state index contributed by atoms with van der Waals surface area (Å²) in [5, 5.41) is 15.0. The molecule has 1 amide bonds. The van der Waals surface area contributed by atoms with Crippen molar-refractivity contribution in [2.75, 3.05) is 11.9 Å².